The van der Waals surface area contributed by atoms with Gasteiger partial charge < -0.3 is 11.1 Å². The first kappa shape index (κ1) is 14.0. The summed E-state index contributed by atoms with van der Waals surface area (Å²) in [4.78, 5) is 12.0. The fraction of sp³-hybridized carbons (Fsp3) is 0.417. The quantitative estimate of drug-likeness (QED) is 0.741. The fourth-order valence-corrected chi connectivity index (χ4v) is 2.39. The summed E-state index contributed by atoms with van der Waals surface area (Å²) in [5.41, 5.74) is 6.26. The van der Waals surface area contributed by atoms with Crippen LogP contribution in [0.3, 0.4) is 0 Å². The highest BCUT2D eigenvalue weighted by molar-refractivity contribution is 7.89. The average molecular weight is 283 g/mol. The molecule has 104 valence electrons. The van der Waals surface area contributed by atoms with Gasteiger partial charge in [-0.25, -0.2) is 13.1 Å². The lowest BCUT2D eigenvalue weighted by atomic mass is 10.2. The first-order chi connectivity index (χ1) is 8.78. The van der Waals surface area contributed by atoms with E-state index in [1.54, 1.807) is 13.0 Å². The van der Waals surface area contributed by atoms with E-state index >= 15 is 0 Å². The van der Waals surface area contributed by atoms with E-state index in [0.717, 1.165) is 5.56 Å². The summed E-state index contributed by atoms with van der Waals surface area (Å²) in [7, 11) is -2.19. The molecule has 4 N–H and O–H groups in total. The molecule has 1 aromatic rings. The van der Waals surface area contributed by atoms with Crippen LogP contribution in [0.15, 0.2) is 23.1 Å². The number of carbonyl (C=O) groups excluding carboxylic acids is 1. The predicted octanol–water partition coefficient (Wildman–Crippen LogP) is 0.333. The summed E-state index contributed by atoms with van der Waals surface area (Å²) < 4.78 is 25.7. The van der Waals surface area contributed by atoms with Crippen LogP contribution in [0, 0.1) is 6.92 Å². The normalized spacial score (nSPS) is 17.0. The molecule has 1 aliphatic rings. The van der Waals surface area contributed by atoms with Crippen LogP contribution in [-0.2, 0) is 14.8 Å². The number of anilines is 1. The number of nitrogens with two attached hydrogens (primary N) is 1. The Kier molecular flexibility index (Phi) is 3.38. The molecule has 2 rings (SSSR count). The number of benzene rings is 1. The SMILES string of the molecule is CNS(=O)(=O)c1ccc(C)c(NC(=O)C2(N)CC2)c1. The minimum atomic E-state index is -3.53. The third kappa shape index (κ3) is 2.78. The van der Waals surface area contributed by atoms with E-state index in [1.807, 2.05) is 0 Å². The second-order valence-corrected chi connectivity index (χ2v) is 6.68. The van der Waals surface area contributed by atoms with Gasteiger partial charge in [0.05, 0.1) is 10.4 Å². The first-order valence-corrected chi connectivity index (χ1v) is 7.41. The van der Waals surface area contributed by atoms with Gasteiger partial charge in [0, 0.05) is 5.69 Å². The number of amides is 1. The van der Waals surface area contributed by atoms with Gasteiger partial charge in [-0.1, -0.05) is 6.07 Å². The zero-order chi connectivity index (χ0) is 14.3. The van der Waals surface area contributed by atoms with Crippen LogP contribution in [0.25, 0.3) is 0 Å². The number of aryl methyl sites for hydroxylation is 1. The maximum Gasteiger partial charge on any atom is 0.244 e. The molecule has 0 aliphatic heterocycles. The smallest absolute Gasteiger partial charge is 0.244 e. The average Bonchev–Trinajstić information content (AvgIpc) is 3.11. The number of hydrogen-bond acceptors (Lipinski definition) is 4. The van der Waals surface area contributed by atoms with Crippen LogP contribution >= 0.6 is 0 Å². The Labute approximate surface area is 112 Å². The molecule has 1 amide bonds. The zero-order valence-electron chi connectivity index (χ0n) is 10.9. The van der Waals surface area contributed by atoms with Crippen molar-refractivity contribution in [2.24, 2.45) is 5.73 Å². The molecule has 0 unspecified atom stereocenters. The molecule has 0 heterocycles. The summed E-state index contributed by atoms with van der Waals surface area (Å²) >= 11 is 0. The van der Waals surface area contributed by atoms with Crippen molar-refractivity contribution in [3.8, 4) is 0 Å². The molecule has 1 aromatic carbocycles. The standard InChI is InChI=1S/C12H17N3O3S/c1-8-3-4-9(19(17,18)14-2)7-10(8)15-11(16)12(13)5-6-12/h3-4,7,14H,5-6,13H2,1-2H3,(H,15,16). The third-order valence-corrected chi connectivity index (χ3v) is 4.69. The zero-order valence-corrected chi connectivity index (χ0v) is 11.7. The van der Waals surface area contributed by atoms with E-state index in [4.69, 9.17) is 5.73 Å². The van der Waals surface area contributed by atoms with E-state index < -0.39 is 15.6 Å². The van der Waals surface area contributed by atoms with Crippen molar-refractivity contribution in [1.82, 2.24) is 4.72 Å². The van der Waals surface area contributed by atoms with Crippen molar-refractivity contribution in [2.45, 2.75) is 30.2 Å². The fourth-order valence-electron chi connectivity index (χ4n) is 1.63. The van der Waals surface area contributed by atoms with E-state index in [9.17, 15) is 13.2 Å². The van der Waals surface area contributed by atoms with Gasteiger partial charge >= 0.3 is 0 Å². The minimum Gasteiger partial charge on any atom is -0.324 e. The molecule has 1 saturated carbocycles. The van der Waals surface area contributed by atoms with Crippen molar-refractivity contribution in [2.75, 3.05) is 12.4 Å². The van der Waals surface area contributed by atoms with E-state index in [0.29, 0.717) is 18.5 Å². The second-order valence-electron chi connectivity index (χ2n) is 4.79. The summed E-state index contributed by atoms with van der Waals surface area (Å²) in [5, 5.41) is 2.69. The lowest BCUT2D eigenvalue weighted by Crippen LogP contribution is -2.38. The molecule has 1 aliphatic carbocycles. The van der Waals surface area contributed by atoms with Crippen LogP contribution in [0.4, 0.5) is 5.69 Å². The molecule has 1 fully saturated rings. The Morgan fingerprint density at radius 1 is 1.37 bits per heavy atom. The Bertz CT molecular complexity index is 621. The number of hydrogen-bond donors (Lipinski definition) is 3. The Morgan fingerprint density at radius 3 is 2.53 bits per heavy atom. The van der Waals surface area contributed by atoms with Crippen molar-refractivity contribution >= 4 is 21.6 Å². The van der Waals surface area contributed by atoms with Crippen LogP contribution in [-0.4, -0.2) is 26.9 Å². The molecule has 0 bridgehead atoms. The van der Waals surface area contributed by atoms with E-state index in [-0.39, 0.29) is 10.8 Å². The molecule has 7 heteroatoms. The summed E-state index contributed by atoms with van der Waals surface area (Å²) in [6.45, 7) is 1.79. The van der Waals surface area contributed by atoms with Gasteiger partial charge in [0.1, 0.15) is 0 Å². The summed E-state index contributed by atoms with van der Waals surface area (Å²) in [6.07, 6.45) is 1.32. The molecule has 0 radical (unpaired) electrons. The van der Waals surface area contributed by atoms with E-state index in [1.165, 1.54) is 19.2 Å². The number of nitrogens with one attached hydrogen (secondary N) is 2. The Hall–Kier alpha value is -1.44. The molecule has 19 heavy (non-hydrogen) atoms. The summed E-state index contributed by atoms with van der Waals surface area (Å²) in [6, 6.07) is 4.58. The molecular weight excluding hydrogens is 266 g/mol. The van der Waals surface area contributed by atoms with Gasteiger partial charge in [-0.15, -0.1) is 0 Å². The van der Waals surface area contributed by atoms with Gasteiger partial charge in [0.2, 0.25) is 15.9 Å². The van der Waals surface area contributed by atoms with Crippen molar-refractivity contribution in [3.63, 3.8) is 0 Å². The third-order valence-electron chi connectivity index (χ3n) is 3.28. The van der Waals surface area contributed by atoms with Crippen molar-refractivity contribution in [3.05, 3.63) is 23.8 Å². The van der Waals surface area contributed by atoms with Crippen molar-refractivity contribution < 1.29 is 13.2 Å². The molecule has 0 spiro atoms. The predicted molar refractivity (Wildman–Crippen MR) is 72.2 cm³/mol. The topological polar surface area (TPSA) is 101 Å². The second kappa shape index (κ2) is 4.59. The highest BCUT2D eigenvalue weighted by Gasteiger charge is 2.46. The van der Waals surface area contributed by atoms with Gasteiger partial charge in [0.15, 0.2) is 0 Å². The lowest BCUT2D eigenvalue weighted by molar-refractivity contribution is -0.118. The Morgan fingerprint density at radius 2 is 2.00 bits per heavy atom. The highest BCUT2D eigenvalue weighted by atomic mass is 32.2. The molecule has 0 saturated heterocycles. The first-order valence-electron chi connectivity index (χ1n) is 5.93. The van der Waals surface area contributed by atoms with Crippen LogP contribution in [0.2, 0.25) is 0 Å². The van der Waals surface area contributed by atoms with Crippen LogP contribution in [0.1, 0.15) is 18.4 Å². The molecular formula is C12H17N3O3S. The summed E-state index contributed by atoms with van der Waals surface area (Å²) in [5.74, 6) is -0.269. The number of sulfonamides is 1. The lowest BCUT2D eigenvalue weighted by Gasteiger charge is -2.13. The van der Waals surface area contributed by atoms with E-state index in [2.05, 4.69) is 10.0 Å². The highest BCUT2D eigenvalue weighted by Crippen LogP contribution is 2.33. The monoisotopic (exact) mass is 283 g/mol. The van der Waals surface area contributed by atoms with Gasteiger partial charge in [-0.05, 0) is 44.5 Å². The van der Waals surface area contributed by atoms with Gasteiger partial charge in [0.25, 0.3) is 0 Å². The van der Waals surface area contributed by atoms with Crippen molar-refractivity contribution in [1.29, 1.82) is 0 Å². The Balaban J connectivity index is 2.30. The van der Waals surface area contributed by atoms with Crippen LogP contribution < -0.4 is 15.8 Å². The van der Waals surface area contributed by atoms with Gasteiger partial charge in [-0.3, -0.25) is 4.79 Å². The van der Waals surface area contributed by atoms with Crippen LogP contribution in [0.5, 0.6) is 0 Å². The molecule has 6 nitrogen and oxygen atoms in total. The van der Waals surface area contributed by atoms with Gasteiger partial charge in [-0.2, -0.15) is 0 Å². The largest absolute Gasteiger partial charge is 0.324 e. The number of carbonyl (C=O) groups is 1. The number of rotatable bonds is 4. The minimum absolute atomic E-state index is 0.109. The molecule has 0 aromatic heterocycles. The maximum atomic E-state index is 11.9. The maximum absolute atomic E-state index is 11.9. The molecule has 0 atom stereocenters.